The lowest BCUT2D eigenvalue weighted by atomic mass is 10.0. The van der Waals surface area contributed by atoms with Crippen molar-refractivity contribution in [3.63, 3.8) is 0 Å². The molecule has 30 heavy (non-hydrogen) atoms. The summed E-state index contributed by atoms with van der Waals surface area (Å²) in [6.45, 7) is 5.32. The molecule has 0 saturated heterocycles. The molecule has 1 aromatic carbocycles. The summed E-state index contributed by atoms with van der Waals surface area (Å²) >= 11 is 0. The highest BCUT2D eigenvalue weighted by Gasteiger charge is 2.08. The first-order chi connectivity index (χ1) is 14.7. The Labute approximate surface area is 183 Å². The number of unbranched alkanes of at least 4 members (excludes halogenated alkanes) is 9. The molecule has 1 unspecified atom stereocenters. The van der Waals surface area contributed by atoms with Gasteiger partial charge >= 0.3 is 5.97 Å². The van der Waals surface area contributed by atoms with Gasteiger partial charge in [-0.25, -0.2) is 4.79 Å². The van der Waals surface area contributed by atoms with E-state index in [1.807, 2.05) is 12.1 Å². The molecule has 0 saturated carbocycles. The van der Waals surface area contributed by atoms with Gasteiger partial charge in [0.05, 0.1) is 18.2 Å². The van der Waals surface area contributed by atoms with Crippen LogP contribution in [0.2, 0.25) is 0 Å². The molecule has 0 amide bonds. The van der Waals surface area contributed by atoms with Crippen molar-refractivity contribution in [1.29, 1.82) is 0 Å². The summed E-state index contributed by atoms with van der Waals surface area (Å²) in [7, 11) is 0. The van der Waals surface area contributed by atoms with Crippen molar-refractivity contribution in [3.8, 4) is 0 Å². The third-order valence-electron chi connectivity index (χ3n) is 5.48. The van der Waals surface area contributed by atoms with Crippen molar-refractivity contribution < 1.29 is 9.53 Å². The molecule has 0 aliphatic heterocycles. The summed E-state index contributed by atoms with van der Waals surface area (Å²) in [5.74, 6) is -0.283. The Kier molecular flexibility index (Phi) is 15.6. The van der Waals surface area contributed by atoms with Crippen LogP contribution >= 0.6 is 0 Å². The molecule has 1 N–H and O–H groups in total. The Morgan fingerprint density at radius 3 is 2.00 bits per heavy atom. The van der Waals surface area contributed by atoms with E-state index in [1.54, 1.807) is 19.1 Å². The third-order valence-corrected chi connectivity index (χ3v) is 5.48. The maximum atomic E-state index is 11.6. The minimum atomic E-state index is -0.283. The van der Waals surface area contributed by atoms with Crippen LogP contribution < -0.4 is 5.32 Å². The van der Waals surface area contributed by atoms with Gasteiger partial charge in [-0.2, -0.15) is 4.91 Å². The quantitative estimate of drug-likeness (QED) is 0.143. The smallest absolute Gasteiger partial charge is 0.338 e. The predicted octanol–water partition coefficient (Wildman–Crippen LogP) is 7.50. The van der Waals surface area contributed by atoms with E-state index in [2.05, 4.69) is 17.4 Å². The van der Waals surface area contributed by atoms with E-state index in [0.717, 1.165) is 50.8 Å². The minimum Gasteiger partial charge on any atom is -0.462 e. The van der Waals surface area contributed by atoms with Crippen LogP contribution in [0.25, 0.3) is 0 Å². The van der Waals surface area contributed by atoms with Gasteiger partial charge < -0.3 is 10.1 Å². The van der Waals surface area contributed by atoms with E-state index in [1.165, 1.54) is 44.9 Å². The number of carbonyl (C=O) groups excluding carboxylic acids is 1. The summed E-state index contributed by atoms with van der Waals surface area (Å²) in [5, 5.41) is 6.72. The Morgan fingerprint density at radius 1 is 0.867 bits per heavy atom. The Bertz CT molecular complexity index is 560. The highest BCUT2D eigenvalue weighted by Crippen LogP contribution is 2.16. The van der Waals surface area contributed by atoms with Crippen molar-refractivity contribution in [3.05, 3.63) is 34.7 Å². The summed E-state index contributed by atoms with van der Waals surface area (Å²) in [6.07, 6.45) is 15.4. The van der Waals surface area contributed by atoms with Crippen LogP contribution in [0.5, 0.6) is 0 Å². The Hall–Kier alpha value is -1.91. The first-order valence-corrected chi connectivity index (χ1v) is 12.0. The number of carbonyl (C=O) groups is 1. The lowest BCUT2D eigenvalue weighted by molar-refractivity contribution is 0.0526. The second kappa shape index (κ2) is 17.9. The van der Waals surface area contributed by atoms with Gasteiger partial charge in [-0.05, 0) is 50.5 Å². The maximum absolute atomic E-state index is 11.6. The molecule has 1 atom stereocenters. The van der Waals surface area contributed by atoms with E-state index < -0.39 is 0 Å². The molecule has 1 rings (SSSR count). The normalized spacial score (nSPS) is 11.8. The number of nitrogens with one attached hydrogen (secondary N) is 1. The summed E-state index contributed by atoms with van der Waals surface area (Å²) in [5.41, 5.74) is 1.58. The zero-order valence-electron chi connectivity index (χ0n) is 19.2. The highest BCUT2D eigenvalue weighted by molar-refractivity contribution is 5.89. The van der Waals surface area contributed by atoms with Crippen molar-refractivity contribution in [2.24, 2.45) is 5.18 Å². The fourth-order valence-corrected chi connectivity index (χ4v) is 3.62. The number of benzene rings is 1. The molecule has 5 nitrogen and oxygen atoms in total. The Morgan fingerprint density at radius 2 is 1.43 bits per heavy atom. The highest BCUT2D eigenvalue weighted by atomic mass is 16.5. The second-order valence-corrected chi connectivity index (χ2v) is 8.10. The van der Waals surface area contributed by atoms with Gasteiger partial charge in [0.2, 0.25) is 0 Å². The van der Waals surface area contributed by atoms with Crippen LogP contribution in [-0.4, -0.2) is 25.2 Å². The topological polar surface area (TPSA) is 67.8 Å². The molecule has 0 aliphatic carbocycles. The number of ether oxygens (including phenoxy) is 1. The van der Waals surface area contributed by atoms with Crippen molar-refractivity contribution in [1.82, 2.24) is 0 Å². The van der Waals surface area contributed by atoms with Crippen molar-refractivity contribution >= 4 is 11.7 Å². The molecule has 0 bridgehead atoms. The summed E-state index contributed by atoms with van der Waals surface area (Å²) < 4.78 is 4.99. The second-order valence-electron chi connectivity index (χ2n) is 8.10. The van der Waals surface area contributed by atoms with Crippen LogP contribution in [0.4, 0.5) is 5.69 Å². The standard InChI is InChI=1S/C25H42N2O3/c1-3-5-6-7-8-9-10-12-15-24(27-29)16-13-11-14-21-26-23-19-17-22(18-20-23)25(28)30-4-2/h17-20,24,26H,3-16,21H2,1-2H3. The summed E-state index contributed by atoms with van der Waals surface area (Å²) in [4.78, 5) is 22.7. The van der Waals surface area contributed by atoms with E-state index >= 15 is 0 Å². The van der Waals surface area contributed by atoms with E-state index in [4.69, 9.17) is 4.74 Å². The zero-order valence-corrected chi connectivity index (χ0v) is 19.2. The van der Waals surface area contributed by atoms with Crippen molar-refractivity contribution in [2.45, 2.75) is 103 Å². The number of rotatable bonds is 19. The van der Waals surface area contributed by atoms with Crippen LogP contribution in [0.15, 0.2) is 29.4 Å². The SMILES string of the molecule is CCCCCCCCCCC(CCCCCNc1ccc(C(=O)OCC)cc1)N=O. The molecule has 0 radical (unpaired) electrons. The monoisotopic (exact) mass is 418 g/mol. The van der Waals surface area contributed by atoms with Gasteiger partial charge in [0.1, 0.15) is 0 Å². The fraction of sp³-hybridized carbons (Fsp3) is 0.720. The lowest BCUT2D eigenvalue weighted by Gasteiger charge is -2.10. The molecule has 5 heteroatoms. The van der Waals surface area contributed by atoms with Gasteiger partial charge in [-0.15, -0.1) is 0 Å². The van der Waals surface area contributed by atoms with Gasteiger partial charge in [0, 0.05) is 12.2 Å². The minimum absolute atomic E-state index is 0.00604. The van der Waals surface area contributed by atoms with Gasteiger partial charge in [-0.3, -0.25) is 0 Å². The van der Waals surface area contributed by atoms with Crippen LogP contribution in [-0.2, 0) is 4.74 Å². The first-order valence-electron chi connectivity index (χ1n) is 12.0. The molecular formula is C25H42N2O3. The molecule has 0 aromatic heterocycles. The molecule has 0 aliphatic rings. The molecule has 0 fully saturated rings. The van der Waals surface area contributed by atoms with Gasteiger partial charge in [0.25, 0.3) is 0 Å². The van der Waals surface area contributed by atoms with Crippen LogP contribution in [0.1, 0.15) is 108 Å². The third kappa shape index (κ3) is 12.6. The number of esters is 1. The molecule has 170 valence electrons. The largest absolute Gasteiger partial charge is 0.462 e. The average molecular weight is 419 g/mol. The number of anilines is 1. The number of nitroso groups, excluding NO2 is 1. The molecule has 0 heterocycles. The first kappa shape index (κ1) is 26.1. The zero-order chi connectivity index (χ0) is 21.9. The van der Waals surface area contributed by atoms with E-state index in [-0.39, 0.29) is 12.0 Å². The fourth-order valence-electron chi connectivity index (χ4n) is 3.62. The number of hydrogen-bond donors (Lipinski definition) is 1. The van der Waals surface area contributed by atoms with E-state index in [0.29, 0.717) is 12.2 Å². The number of hydrogen-bond acceptors (Lipinski definition) is 5. The van der Waals surface area contributed by atoms with Gasteiger partial charge in [-0.1, -0.05) is 76.3 Å². The van der Waals surface area contributed by atoms with Gasteiger partial charge in [0.15, 0.2) is 0 Å². The predicted molar refractivity (Wildman–Crippen MR) is 126 cm³/mol. The van der Waals surface area contributed by atoms with Crippen LogP contribution in [0, 0.1) is 4.91 Å². The van der Waals surface area contributed by atoms with Crippen LogP contribution in [0.3, 0.4) is 0 Å². The van der Waals surface area contributed by atoms with E-state index in [9.17, 15) is 9.70 Å². The maximum Gasteiger partial charge on any atom is 0.338 e. The molecule has 0 spiro atoms. The molecular weight excluding hydrogens is 376 g/mol. The number of nitrogens with zero attached hydrogens (tertiary/aromatic N) is 1. The molecule has 1 aromatic rings. The summed E-state index contributed by atoms with van der Waals surface area (Å²) in [6, 6.07) is 7.37. The Balaban J connectivity index is 2.03. The van der Waals surface area contributed by atoms with Crippen molar-refractivity contribution in [2.75, 3.05) is 18.5 Å². The lowest BCUT2D eigenvalue weighted by Crippen LogP contribution is -2.06. The average Bonchev–Trinajstić information content (AvgIpc) is 2.77.